The maximum Gasteiger partial charge on any atom is 0.220 e. The Morgan fingerprint density at radius 2 is 1.78 bits per heavy atom. The monoisotopic (exact) mass is 391 g/mol. The van der Waals surface area contributed by atoms with Crippen LogP contribution in [0.5, 0.6) is 0 Å². The average molecular weight is 392 g/mol. The van der Waals surface area contributed by atoms with Crippen LogP contribution in [0.2, 0.25) is 0 Å². The highest BCUT2D eigenvalue weighted by Gasteiger charge is 2.34. The molecule has 0 bridgehead atoms. The van der Waals surface area contributed by atoms with Crippen LogP contribution >= 0.6 is 0 Å². The summed E-state index contributed by atoms with van der Waals surface area (Å²) in [4.78, 5) is 12.0. The molecule has 0 aromatic carbocycles. The molecule has 7 unspecified atom stereocenters. The Kier molecular flexibility index (Phi) is 11.4. The maximum absolute atomic E-state index is 12.0. The third-order valence-corrected chi connectivity index (χ3v) is 5.13. The highest BCUT2D eigenvalue weighted by atomic mass is 16.5. The first kappa shape index (κ1) is 24.3. The molecule has 7 atom stereocenters. The van der Waals surface area contributed by atoms with E-state index in [2.05, 4.69) is 5.32 Å². The predicted molar refractivity (Wildman–Crippen MR) is 100.0 cm³/mol. The summed E-state index contributed by atoms with van der Waals surface area (Å²) in [7, 11) is 0. The standard InChI is InChI=1S/C19H37NO7/c1-3-7-17(24)20-13(15(23)10-12(21)4-2)11-27-16-9-6-5-8-14(22)18(25)19(16)26/h12-16,18-19,21-23,25-26H,3-11H2,1-2H3,(H,20,24). The van der Waals surface area contributed by atoms with Crippen molar-refractivity contribution in [1.82, 2.24) is 5.32 Å². The fourth-order valence-corrected chi connectivity index (χ4v) is 3.26. The lowest BCUT2D eigenvalue weighted by molar-refractivity contribution is -0.141. The van der Waals surface area contributed by atoms with Crippen molar-refractivity contribution in [2.75, 3.05) is 6.61 Å². The van der Waals surface area contributed by atoms with E-state index in [1.54, 1.807) is 6.92 Å². The van der Waals surface area contributed by atoms with Crippen molar-refractivity contribution in [3.05, 3.63) is 0 Å². The number of carbonyl (C=O) groups excluding carboxylic acids is 1. The van der Waals surface area contributed by atoms with E-state index in [0.29, 0.717) is 38.5 Å². The Balaban J connectivity index is 2.72. The third kappa shape index (κ3) is 8.41. The van der Waals surface area contributed by atoms with Gasteiger partial charge in [0.05, 0.1) is 37.1 Å². The van der Waals surface area contributed by atoms with Gasteiger partial charge in [0.25, 0.3) is 0 Å². The molecule has 8 heteroatoms. The number of aliphatic hydroxyl groups is 5. The largest absolute Gasteiger partial charge is 0.393 e. The van der Waals surface area contributed by atoms with E-state index in [4.69, 9.17) is 4.74 Å². The molecule has 1 amide bonds. The zero-order valence-electron chi connectivity index (χ0n) is 16.5. The second-order valence-electron chi connectivity index (χ2n) is 7.49. The minimum atomic E-state index is -1.30. The highest BCUT2D eigenvalue weighted by molar-refractivity contribution is 5.76. The van der Waals surface area contributed by atoms with Crippen molar-refractivity contribution < 1.29 is 35.1 Å². The smallest absolute Gasteiger partial charge is 0.220 e. The molecule has 0 spiro atoms. The summed E-state index contributed by atoms with van der Waals surface area (Å²) < 4.78 is 5.75. The first-order chi connectivity index (χ1) is 12.8. The van der Waals surface area contributed by atoms with Crippen molar-refractivity contribution in [2.45, 2.75) is 108 Å². The van der Waals surface area contributed by atoms with Gasteiger partial charge in [0.1, 0.15) is 12.2 Å². The van der Waals surface area contributed by atoms with Crippen molar-refractivity contribution in [1.29, 1.82) is 0 Å². The van der Waals surface area contributed by atoms with Gasteiger partial charge in [-0.25, -0.2) is 0 Å². The molecule has 0 heterocycles. The first-order valence-electron chi connectivity index (χ1n) is 10.1. The maximum atomic E-state index is 12.0. The summed E-state index contributed by atoms with van der Waals surface area (Å²) in [5.41, 5.74) is 0. The van der Waals surface area contributed by atoms with Crippen molar-refractivity contribution in [2.24, 2.45) is 0 Å². The molecule has 0 aromatic rings. The van der Waals surface area contributed by atoms with Gasteiger partial charge < -0.3 is 35.6 Å². The molecule has 6 N–H and O–H groups in total. The summed E-state index contributed by atoms with van der Waals surface area (Å²) in [5.74, 6) is -0.218. The summed E-state index contributed by atoms with van der Waals surface area (Å²) in [5, 5.41) is 53.1. The van der Waals surface area contributed by atoms with Crippen LogP contribution in [0.1, 0.15) is 65.2 Å². The number of carbonyl (C=O) groups is 1. The van der Waals surface area contributed by atoms with Gasteiger partial charge in [0.15, 0.2) is 0 Å². The van der Waals surface area contributed by atoms with E-state index in [1.807, 2.05) is 6.92 Å². The zero-order valence-corrected chi connectivity index (χ0v) is 16.5. The van der Waals surface area contributed by atoms with Crippen LogP contribution in [-0.2, 0) is 9.53 Å². The summed E-state index contributed by atoms with van der Waals surface area (Å²) in [6.07, 6.45) is -1.98. The summed E-state index contributed by atoms with van der Waals surface area (Å²) >= 11 is 0. The van der Waals surface area contributed by atoms with Gasteiger partial charge in [-0.15, -0.1) is 0 Å². The minimum Gasteiger partial charge on any atom is -0.393 e. The van der Waals surface area contributed by atoms with E-state index in [0.717, 1.165) is 6.42 Å². The molecule has 1 aliphatic carbocycles. The minimum absolute atomic E-state index is 0.0579. The SMILES string of the molecule is CCCC(=O)NC(COC1CCCCC(O)C(O)C1O)C(O)CC(O)CC. The molecular weight excluding hydrogens is 354 g/mol. The number of aliphatic hydroxyl groups excluding tert-OH is 5. The molecule has 1 rings (SSSR count). The lowest BCUT2D eigenvalue weighted by Crippen LogP contribution is -2.51. The third-order valence-electron chi connectivity index (χ3n) is 5.13. The predicted octanol–water partition coefficient (Wildman–Crippen LogP) is -0.165. The number of hydrogen-bond acceptors (Lipinski definition) is 7. The van der Waals surface area contributed by atoms with Crippen LogP contribution in [0, 0.1) is 0 Å². The van der Waals surface area contributed by atoms with E-state index in [-0.39, 0.29) is 18.9 Å². The molecule has 1 fully saturated rings. The molecule has 8 nitrogen and oxygen atoms in total. The summed E-state index contributed by atoms with van der Waals surface area (Å²) in [6.45, 7) is 3.62. The van der Waals surface area contributed by atoms with E-state index >= 15 is 0 Å². The van der Waals surface area contributed by atoms with Crippen molar-refractivity contribution >= 4 is 5.91 Å². The van der Waals surface area contributed by atoms with E-state index in [1.165, 1.54) is 0 Å². The number of hydrogen-bond donors (Lipinski definition) is 6. The lowest BCUT2D eigenvalue weighted by atomic mass is 9.92. The number of rotatable bonds is 10. The van der Waals surface area contributed by atoms with Crippen LogP contribution in [0.15, 0.2) is 0 Å². The fourth-order valence-electron chi connectivity index (χ4n) is 3.26. The van der Waals surface area contributed by atoms with Crippen LogP contribution < -0.4 is 5.32 Å². The molecule has 1 aliphatic rings. The number of nitrogens with one attached hydrogen (secondary N) is 1. The molecule has 0 saturated heterocycles. The quantitative estimate of drug-likeness (QED) is 0.304. The molecule has 160 valence electrons. The van der Waals surface area contributed by atoms with Crippen LogP contribution in [-0.4, -0.2) is 80.7 Å². The van der Waals surface area contributed by atoms with Gasteiger partial charge in [0, 0.05) is 12.8 Å². The van der Waals surface area contributed by atoms with Gasteiger partial charge in [-0.05, 0) is 25.7 Å². The Hall–Kier alpha value is -0.770. The summed E-state index contributed by atoms with van der Waals surface area (Å²) in [6, 6.07) is -0.732. The highest BCUT2D eigenvalue weighted by Crippen LogP contribution is 2.22. The molecule has 1 saturated carbocycles. The van der Waals surface area contributed by atoms with Crippen molar-refractivity contribution in [3.8, 4) is 0 Å². The van der Waals surface area contributed by atoms with Gasteiger partial charge >= 0.3 is 0 Å². The van der Waals surface area contributed by atoms with Crippen LogP contribution in [0.25, 0.3) is 0 Å². The first-order valence-corrected chi connectivity index (χ1v) is 10.1. The number of ether oxygens (including phenoxy) is 1. The van der Waals surface area contributed by atoms with Crippen LogP contribution in [0.4, 0.5) is 0 Å². The van der Waals surface area contributed by atoms with Gasteiger partial charge in [-0.3, -0.25) is 4.79 Å². The average Bonchev–Trinajstić information content (AvgIpc) is 2.64. The van der Waals surface area contributed by atoms with E-state index in [9.17, 15) is 30.3 Å². The Bertz CT molecular complexity index is 423. The van der Waals surface area contributed by atoms with Gasteiger partial charge in [-0.1, -0.05) is 26.7 Å². The van der Waals surface area contributed by atoms with Crippen molar-refractivity contribution in [3.63, 3.8) is 0 Å². The fraction of sp³-hybridized carbons (Fsp3) is 0.947. The lowest BCUT2D eigenvalue weighted by Gasteiger charge is -2.34. The molecular formula is C19H37NO7. The van der Waals surface area contributed by atoms with E-state index < -0.39 is 42.7 Å². The molecule has 27 heavy (non-hydrogen) atoms. The van der Waals surface area contributed by atoms with Crippen LogP contribution in [0.3, 0.4) is 0 Å². The second-order valence-corrected chi connectivity index (χ2v) is 7.49. The Labute approximate surface area is 161 Å². The molecule has 0 radical (unpaired) electrons. The normalized spacial score (nSPS) is 30.0. The zero-order chi connectivity index (χ0) is 20.4. The van der Waals surface area contributed by atoms with Gasteiger partial charge in [-0.2, -0.15) is 0 Å². The number of amides is 1. The van der Waals surface area contributed by atoms with Gasteiger partial charge in [0.2, 0.25) is 5.91 Å². The Morgan fingerprint density at radius 1 is 1.11 bits per heavy atom. The second kappa shape index (κ2) is 12.6. The Morgan fingerprint density at radius 3 is 2.41 bits per heavy atom. The molecule has 0 aromatic heterocycles. The topological polar surface area (TPSA) is 139 Å². The molecule has 0 aliphatic heterocycles.